The molecule has 106 valence electrons. The number of piperazine rings is 1. The highest BCUT2D eigenvalue weighted by molar-refractivity contribution is 5.86. The number of benzene rings is 1. The van der Waals surface area contributed by atoms with Gasteiger partial charge in [0.05, 0.1) is 11.5 Å². The van der Waals surface area contributed by atoms with E-state index in [2.05, 4.69) is 5.32 Å². The van der Waals surface area contributed by atoms with E-state index in [1.807, 2.05) is 0 Å². The third-order valence-corrected chi connectivity index (χ3v) is 2.80. The molecule has 1 heterocycles. The molecule has 0 radical (unpaired) electrons. The molecular formula is C12H13N3O5. The average Bonchev–Trinajstić information content (AvgIpc) is 2.45. The van der Waals surface area contributed by atoms with Crippen molar-refractivity contribution < 1.29 is 19.2 Å². The fraction of sp³-hybridized carbons (Fsp3) is 0.333. The van der Waals surface area contributed by atoms with E-state index in [-0.39, 0.29) is 30.7 Å². The van der Waals surface area contributed by atoms with Gasteiger partial charge in [-0.15, -0.1) is 0 Å². The molecule has 1 aromatic rings. The van der Waals surface area contributed by atoms with Crippen LogP contribution in [0.2, 0.25) is 0 Å². The normalized spacial score (nSPS) is 14.6. The monoisotopic (exact) mass is 279 g/mol. The second-order valence-corrected chi connectivity index (χ2v) is 4.20. The second kappa shape index (κ2) is 6.00. The van der Waals surface area contributed by atoms with Crippen LogP contribution in [0.1, 0.15) is 0 Å². The number of carbonyl (C=O) groups excluding carboxylic acids is 2. The van der Waals surface area contributed by atoms with Gasteiger partial charge in [0.15, 0.2) is 6.61 Å². The summed E-state index contributed by atoms with van der Waals surface area (Å²) < 4.78 is 5.25. The first kappa shape index (κ1) is 13.8. The number of nitrogens with zero attached hydrogens (tertiary/aromatic N) is 2. The molecule has 8 heteroatoms. The molecule has 2 amide bonds. The number of hydrogen-bond acceptors (Lipinski definition) is 5. The minimum atomic E-state index is -0.513. The fourth-order valence-corrected chi connectivity index (χ4v) is 1.75. The van der Waals surface area contributed by atoms with Gasteiger partial charge in [0, 0.05) is 25.2 Å². The molecule has 1 aliphatic rings. The molecule has 20 heavy (non-hydrogen) atoms. The van der Waals surface area contributed by atoms with Crippen molar-refractivity contribution in [2.45, 2.75) is 0 Å². The van der Waals surface area contributed by atoms with E-state index in [0.717, 1.165) is 0 Å². The molecule has 1 fully saturated rings. The van der Waals surface area contributed by atoms with Crippen LogP contribution in [0.25, 0.3) is 0 Å². The molecule has 1 N–H and O–H groups in total. The van der Waals surface area contributed by atoms with Gasteiger partial charge in [-0.1, -0.05) is 0 Å². The standard InChI is InChI=1S/C12H13N3O5/c16-11-7-14(6-5-13-11)12(17)8-20-10-3-1-9(2-4-10)15(18)19/h1-4H,5-8H2,(H,13,16). The van der Waals surface area contributed by atoms with Crippen LogP contribution in [0.4, 0.5) is 5.69 Å². The van der Waals surface area contributed by atoms with E-state index in [1.54, 1.807) is 0 Å². The number of ether oxygens (including phenoxy) is 1. The Hall–Kier alpha value is -2.64. The van der Waals surface area contributed by atoms with E-state index >= 15 is 0 Å². The number of hydrogen-bond donors (Lipinski definition) is 1. The number of nitrogens with one attached hydrogen (secondary N) is 1. The molecule has 0 spiro atoms. The van der Waals surface area contributed by atoms with Crippen molar-refractivity contribution in [1.82, 2.24) is 10.2 Å². The van der Waals surface area contributed by atoms with Crippen LogP contribution < -0.4 is 10.1 Å². The van der Waals surface area contributed by atoms with Gasteiger partial charge < -0.3 is 15.0 Å². The first-order valence-corrected chi connectivity index (χ1v) is 5.98. The van der Waals surface area contributed by atoms with E-state index in [4.69, 9.17) is 4.74 Å². The lowest BCUT2D eigenvalue weighted by Gasteiger charge is -2.26. The van der Waals surface area contributed by atoms with Crippen LogP contribution in [0.5, 0.6) is 5.75 Å². The van der Waals surface area contributed by atoms with Crippen molar-refractivity contribution in [1.29, 1.82) is 0 Å². The number of nitro groups is 1. The van der Waals surface area contributed by atoms with Crippen molar-refractivity contribution in [2.75, 3.05) is 26.2 Å². The van der Waals surface area contributed by atoms with Crippen LogP contribution >= 0.6 is 0 Å². The van der Waals surface area contributed by atoms with Gasteiger partial charge >= 0.3 is 0 Å². The maximum atomic E-state index is 11.8. The first-order valence-electron chi connectivity index (χ1n) is 5.98. The maximum Gasteiger partial charge on any atom is 0.269 e. The molecule has 2 rings (SSSR count). The summed E-state index contributed by atoms with van der Waals surface area (Å²) in [7, 11) is 0. The number of rotatable bonds is 4. The van der Waals surface area contributed by atoms with Gasteiger partial charge in [-0.05, 0) is 12.1 Å². The summed E-state index contributed by atoms with van der Waals surface area (Å²) in [4.78, 5) is 34.3. The minimum absolute atomic E-state index is 0.0302. The van der Waals surface area contributed by atoms with Gasteiger partial charge in [-0.25, -0.2) is 0 Å². The molecular weight excluding hydrogens is 266 g/mol. The Kier molecular flexibility index (Phi) is 4.14. The molecule has 0 saturated carbocycles. The van der Waals surface area contributed by atoms with Crippen LogP contribution in [-0.4, -0.2) is 47.9 Å². The second-order valence-electron chi connectivity index (χ2n) is 4.20. The summed E-state index contributed by atoms with van der Waals surface area (Å²) in [5, 5.41) is 13.1. The van der Waals surface area contributed by atoms with Crippen molar-refractivity contribution in [3.8, 4) is 5.75 Å². The summed E-state index contributed by atoms with van der Waals surface area (Å²) in [6.07, 6.45) is 0. The zero-order chi connectivity index (χ0) is 14.5. The lowest BCUT2D eigenvalue weighted by molar-refractivity contribution is -0.384. The Morgan fingerprint density at radius 1 is 1.40 bits per heavy atom. The zero-order valence-corrected chi connectivity index (χ0v) is 10.6. The Bertz CT molecular complexity index is 528. The van der Waals surface area contributed by atoms with E-state index < -0.39 is 4.92 Å². The Morgan fingerprint density at radius 2 is 2.10 bits per heavy atom. The van der Waals surface area contributed by atoms with Crippen LogP contribution in [0, 0.1) is 10.1 Å². The number of carbonyl (C=O) groups is 2. The largest absolute Gasteiger partial charge is 0.484 e. The molecule has 0 aromatic heterocycles. The highest BCUT2D eigenvalue weighted by Gasteiger charge is 2.21. The van der Waals surface area contributed by atoms with E-state index in [1.165, 1.54) is 29.2 Å². The number of nitro benzene ring substituents is 1. The van der Waals surface area contributed by atoms with Crippen molar-refractivity contribution in [3.63, 3.8) is 0 Å². The molecule has 0 atom stereocenters. The van der Waals surface area contributed by atoms with Crippen molar-refractivity contribution in [3.05, 3.63) is 34.4 Å². The van der Waals surface area contributed by atoms with Crippen molar-refractivity contribution in [2.24, 2.45) is 0 Å². The average molecular weight is 279 g/mol. The third kappa shape index (κ3) is 3.44. The Morgan fingerprint density at radius 3 is 2.70 bits per heavy atom. The predicted octanol–water partition coefficient (Wildman–Crippen LogP) is -0.0680. The minimum Gasteiger partial charge on any atom is -0.484 e. The Labute approximate surface area is 114 Å². The molecule has 0 unspecified atom stereocenters. The zero-order valence-electron chi connectivity index (χ0n) is 10.6. The highest BCUT2D eigenvalue weighted by atomic mass is 16.6. The summed E-state index contributed by atoms with van der Waals surface area (Å²) >= 11 is 0. The van der Waals surface area contributed by atoms with Crippen LogP contribution in [0.3, 0.4) is 0 Å². The van der Waals surface area contributed by atoms with Gasteiger partial charge in [-0.3, -0.25) is 19.7 Å². The first-order chi connectivity index (χ1) is 9.56. The summed E-state index contributed by atoms with van der Waals surface area (Å²) in [6.45, 7) is 0.712. The van der Waals surface area contributed by atoms with Crippen molar-refractivity contribution >= 4 is 17.5 Å². The van der Waals surface area contributed by atoms with Gasteiger partial charge in [0.1, 0.15) is 5.75 Å². The van der Waals surface area contributed by atoms with Crippen LogP contribution in [0.15, 0.2) is 24.3 Å². The van der Waals surface area contributed by atoms with Gasteiger partial charge in [0.25, 0.3) is 11.6 Å². The Balaban J connectivity index is 1.86. The molecule has 1 aromatic carbocycles. The summed E-state index contributed by atoms with van der Waals surface area (Å²) in [5.41, 5.74) is -0.0450. The summed E-state index contributed by atoms with van der Waals surface area (Å²) in [6, 6.07) is 5.45. The fourth-order valence-electron chi connectivity index (χ4n) is 1.75. The smallest absolute Gasteiger partial charge is 0.269 e. The molecule has 1 aliphatic heterocycles. The third-order valence-electron chi connectivity index (χ3n) is 2.80. The molecule has 0 bridgehead atoms. The van der Waals surface area contributed by atoms with E-state index in [9.17, 15) is 19.7 Å². The van der Waals surface area contributed by atoms with E-state index in [0.29, 0.717) is 18.8 Å². The quantitative estimate of drug-likeness (QED) is 0.614. The lowest BCUT2D eigenvalue weighted by Crippen LogP contribution is -2.51. The topological polar surface area (TPSA) is 102 Å². The maximum absolute atomic E-state index is 11.8. The number of amides is 2. The van der Waals surface area contributed by atoms with Gasteiger partial charge in [-0.2, -0.15) is 0 Å². The highest BCUT2D eigenvalue weighted by Crippen LogP contribution is 2.17. The number of non-ortho nitro benzene ring substituents is 1. The van der Waals surface area contributed by atoms with Gasteiger partial charge in [0.2, 0.25) is 5.91 Å². The van der Waals surface area contributed by atoms with Crippen LogP contribution in [-0.2, 0) is 9.59 Å². The lowest BCUT2D eigenvalue weighted by atomic mass is 10.3. The SMILES string of the molecule is O=C1CN(C(=O)COc2ccc([N+](=O)[O-])cc2)CCN1. The molecule has 1 saturated heterocycles. The predicted molar refractivity (Wildman–Crippen MR) is 68.2 cm³/mol. The molecule has 8 nitrogen and oxygen atoms in total. The summed E-state index contributed by atoms with van der Waals surface area (Å²) in [5.74, 6) is -0.122. The molecule has 0 aliphatic carbocycles.